The first-order chi connectivity index (χ1) is 10.3. The summed E-state index contributed by atoms with van der Waals surface area (Å²) < 4.78 is 0. The lowest BCUT2D eigenvalue weighted by molar-refractivity contribution is 0.136. The zero-order chi connectivity index (χ0) is 14.2. The molecule has 1 N–H and O–H groups in total. The van der Waals surface area contributed by atoms with Crippen molar-refractivity contribution in [3.8, 4) is 0 Å². The first-order valence-corrected chi connectivity index (χ1v) is 8.20. The average molecular weight is 278 g/mol. The number of hydrogen-bond acceptors (Lipinski definition) is 1. The first-order valence-electron chi connectivity index (χ1n) is 8.20. The third-order valence-corrected chi connectivity index (χ3v) is 5.26. The van der Waals surface area contributed by atoms with Gasteiger partial charge in [0.05, 0.1) is 6.10 Å². The largest absolute Gasteiger partial charge is 0.388 e. The number of aliphatic hydroxyl groups excluding tert-OH is 1. The predicted octanol–water partition coefficient (Wildman–Crippen LogP) is 4.33. The Hall–Kier alpha value is -1.60. The molecule has 21 heavy (non-hydrogen) atoms. The van der Waals surface area contributed by atoms with Gasteiger partial charge in [0.2, 0.25) is 0 Å². The summed E-state index contributed by atoms with van der Waals surface area (Å²) in [6.45, 7) is 0. The maximum Gasteiger partial charge on any atom is 0.0858 e. The van der Waals surface area contributed by atoms with Crippen LogP contribution in [0.3, 0.4) is 0 Å². The molecule has 1 heteroatoms. The SMILES string of the molecule is OC(c1ccc2c(c1)CCC2)C1CCCc2ccccc21. The highest BCUT2D eigenvalue weighted by Gasteiger charge is 2.28. The van der Waals surface area contributed by atoms with E-state index >= 15 is 0 Å². The molecule has 0 bridgehead atoms. The molecule has 2 unspecified atom stereocenters. The minimum atomic E-state index is -0.364. The van der Waals surface area contributed by atoms with Crippen molar-refractivity contribution in [2.75, 3.05) is 0 Å². The standard InChI is InChI=1S/C20H22O/c21-20(17-12-11-14-6-3-8-16(14)13-17)19-10-4-7-15-5-1-2-9-18(15)19/h1-2,5,9,11-13,19-21H,3-4,6-8,10H2. The second kappa shape index (κ2) is 5.31. The van der Waals surface area contributed by atoms with Gasteiger partial charge in [-0.2, -0.15) is 0 Å². The van der Waals surface area contributed by atoms with Crippen LogP contribution in [0, 0.1) is 0 Å². The maximum absolute atomic E-state index is 10.9. The Morgan fingerprint density at radius 1 is 0.857 bits per heavy atom. The number of fused-ring (bicyclic) bond motifs is 2. The molecule has 0 aliphatic heterocycles. The lowest BCUT2D eigenvalue weighted by Gasteiger charge is -2.30. The van der Waals surface area contributed by atoms with E-state index in [1.165, 1.54) is 47.9 Å². The van der Waals surface area contributed by atoms with Crippen LogP contribution in [0.4, 0.5) is 0 Å². The van der Waals surface area contributed by atoms with Crippen molar-refractivity contribution in [3.63, 3.8) is 0 Å². The van der Waals surface area contributed by atoms with Crippen LogP contribution < -0.4 is 0 Å². The molecule has 4 rings (SSSR count). The quantitative estimate of drug-likeness (QED) is 0.867. The lowest BCUT2D eigenvalue weighted by atomic mass is 9.78. The van der Waals surface area contributed by atoms with Crippen LogP contribution in [0.5, 0.6) is 0 Å². The Morgan fingerprint density at radius 2 is 1.67 bits per heavy atom. The second-order valence-electron chi connectivity index (χ2n) is 6.52. The summed E-state index contributed by atoms with van der Waals surface area (Å²) in [7, 11) is 0. The lowest BCUT2D eigenvalue weighted by Crippen LogP contribution is -2.17. The van der Waals surface area contributed by atoms with Gasteiger partial charge in [-0.1, -0.05) is 42.5 Å². The Balaban J connectivity index is 1.68. The van der Waals surface area contributed by atoms with Gasteiger partial charge in [0.25, 0.3) is 0 Å². The number of aliphatic hydroxyl groups is 1. The summed E-state index contributed by atoms with van der Waals surface area (Å²) in [5.74, 6) is 0.259. The molecule has 2 aromatic rings. The van der Waals surface area contributed by atoms with E-state index in [1.807, 2.05) is 0 Å². The van der Waals surface area contributed by atoms with E-state index in [9.17, 15) is 5.11 Å². The molecule has 2 aliphatic rings. The fraction of sp³-hybridized carbons (Fsp3) is 0.400. The van der Waals surface area contributed by atoms with E-state index < -0.39 is 0 Å². The molecule has 0 aromatic heterocycles. The van der Waals surface area contributed by atoms with E-state index in [0.29, 0.717) is 0 Å². The number of aryl methyl sites for hydroxylation is 3. The fourth-order valence-electron chi connectivity index (χ4n) is 4.13. The van der Waals surface area contributed by atoms with Crippen molar-refractivity contribution < 1.29 is 5.11 Å². The topological polar surface area (TPSA) is 20.2 Å². The molecule has 2 aliphatic carbocycles. The first kappa shape index (κ1) is 13.1. The van der Waals surface area contributed by atoms with E-state index in [-0.39, 0.29) is 12.0 Å². The van der Waals surface area contributed by atoms with Crippen molar-refractivity contribution >= 4 is 0 Å². The summed E-state index contributed by atoms with van der Waals surface area (Å²) in [6.07, 6.45) is 6.72. The minimum Gasteiger partial charge on any atom is -0.388 e. The Morgan fingerprint density at radius 3 is 2.62 bits per heavy atom. The van der Waals surface area contributed by atoms with E-state index in [2.05, 4.69) is 42.5 Å². The highest BCUT2D eigenvalue weighted by Crippen LogP contribution is 2.41. The molecule has 2 atom stereocenters. The average Bonchev–Trinajstić information content (AvgIpc) is 3.01. The molecule has 0 fully saturated rings. The zero-order valence-electron chi connectivity index (χ0n) is 12.4. The molecule has 0 saturated carbocycles. The van der Waals surface area contributed by atoms with Gasteiger partial charge < -0.3 is 5.11 Å². The van der Waals surface area contributed by atoms with Crippen LogP contribution in [-0.4, -0.2) is 5.11 Å². The molecule has 0 heterocycles. The van der Waals surface area contributed by atoms with Crippen LogP contribution in [0.25, 0.3) is 0 Å². The molecule has 0 saturated heterocycles. The maximum atomic E-state index is 10.9. The van der Waals surface area contributed by atoms with Crippen molar-refractivity contribution in [2.45, 2.75) is 50.5 Å². The molecular weight excluding hydrogens is 256 g/mol. The van der Waals surface area contributed by atoms with E-state index in [1.54, 1.807) is 0 Å². The summed E-state index contributed by atoms with van der Waals surface area (Å²) in [5.41, 5.74) is 6.83. The van der Waals surface area contributed by atoms with Crippen molar-refractivity contribution in [2.24, 2.45) is 0 Å². The molecule has 2 aromatic carbocycles. The van der Waals surface area contributed by atoms with Gasteiger partial charge >= 0.3 is 0 Å². The van der Waals surface area contributed by atoms with Gasteiger partial charge in [-0.25, -0.2) is 0 Å². The fourth-order valence-corrected chi connectivity index (χ4v) is 4.13. The number of rotatable bonds is 2. The van der Waals surface area contributed by atoms with Crippen molar-refractivity contribution in [1.82, 2.24) is 0 Å². The van der Waals surface area contributed by atoms with Crippen LogP contribution in [0.2, 0.25) is 0 Å². The third kappa shape index (κ3) is 2.30. The minimum absolute atomic E-state index is 0.259. The predicted molar refractivity (Wildman–Crippen MR) is 85.5 cm³/mol. The highest BCUT2D eigenvalue weighted by molar-refractivity contribution is 5.39. The molecule has 0 radical (unpaired) electrons. The molecule has 1 nitrogen and oxygen atoms in total. The molecule has 0 amide bonds. The molecule has 108 valence electrons. The van der Waals surface area contributed by atoms with Crippen LogP contribution >= 0.6 is 0 Å². The zero-order valence-corrected chi connectivity index (χ0v) is 12.4. The van der Waals surface area contributed by atoms with Gasteiger partial charge in [0.1, 0.15) is 0 Å². The van der Waals surface area contributed by atoms with Gasteiger partial charge in [0, 0.05) is 5.92 Å². The van der Waals surface area contributed by atoms with Gasteiger partial charge in [-0.05, 0) is 66.3 Å². The summed E-state index contributed by atoms with van der Waals surface area (Å²) in [6, 6.07) is 15.3. The van der Waals surface area contributed by atoms with E-state index in [0.717, 1.165) is 18.4 Å². The van der Waals surface area contributed by atoms with Gasteiger partial charge in [-0.3, -0.25) is 0 Å². The Labute approximate surface area is 126 Å². The third-order valence-electron chi connectivity index (χ3n) is 5.26. The Bertz CT molecular complexity index is 659. The van der Waals surface area contributed by atoms with Crippen LogP contribution in [-0.2, 0) is 19.3 Å². The summed E-state index contributed by atoms with van der Waals surface area (Å²) in [5, 5.41) is 10.9. The van der Waals surface area contributed by atoms with Crippen molar-refractivity contribution in [1.29, 1.82) is 0 Å². The Kier molecular flexibility index (Phi) is 3.31. The second-order valence-corrected chi connectivity index (χ2v) is 6.52. The summed E-state index contributed by atoms with van der Waals surface area (Å²) in [4.78, 5) is 0. The molecular formula is C20H22O. The number of benzene rings is 2. The molecule has 0 spiro atoms. The summed E-state index contributed by atoms with van der Waals surface area (Å²) >= 11 is 0. The van der Waals surface area contributed by atoms with Gasteiger partial charge in [-0.15, -0.1) is 0 Å². The monoisotopic (exact) mass is 278 g/mol. The van der Waals surface area contributed by atoms with Crippen LogP contribution in [0.1, 0.15) is 59.1 Å². The van der Waals surface area contributed by atoms with Crippen molar-refractivity contribution in [3.05, 3.63) is 70.3 Å². The number of hydrogen-bond donors (Lipinski definition) is 1. The normalized spacial score (nSPS) is 21.7. The smallest absolute Gasteiger partial charge is 0.0858 e. The van der Waals surface area contributed by atoms with Gasteiger partial charge in [0.15, 0.2) is 0 Å². The highest BCUT2D eigenvalue weighted by atomic mass is 16.3. The van der Waals surface area contributed by atoms with E-state index in [4.69, 9.17) is 0 Å². The van der Waals surface area contributed by atoms with Crippen LogP contribution in [0.15, 0.2) is 42.5 Å².